The number of carbonyl (C=O) groups is 4. The normalized spacial score (nSPS) is 14.8. The van der Waals surface area contributed by atoms with Crippen LogP contribution in [0.4, 0.5) is 26.3 Å². The second-order valence-electron chi connectivity index (χ2n) is 11.3. The van der Waals surface area contributed by atoms with E-state index in [2.05, 4.69) is 5.32 Å². The lowest BCUT2D eigenvalue weighted by molar-refractivity contribution is -0.143. The summed E-state index contributed by atoms with van der Waals surface area (Å²) in [6.07, 6.45) is -6.03. The minimum atomic E-state index is -5.15. The van der Waals surface area contributed by atoms with E-state index < -0.39 is 64.8 Å². The second kappa shape index (κ2) is 14.3. The van der Waals surface area contributed by atoms with E-state index >= 15 is 0 Å². The van der Waals surface area contributed by atoms with E-state index in [9.17, 15) is 45.5 Å². The summed E-state index contributed by atoms with van der Waals surface area (Å²) in [5, 5.41) is 11.2. The molecule has 1 unspecified atom stereocenters. The van der Waals surface area contributed by atoms with Crippen LogP contribution in [0.15, 0.2) is 66.7 Å². The molecule has 244 valence electrons. The fourth-order valence-corrected chi connectivity index (χ4v) is 5.59. The van der Waals surface area contributed by atoms with Crippen LogP contribution in [-0.2, 0) is 17.1 Å². The summed E-state index contributed by atoms with van der Waals surface area (Å²) >= 11 is 0. The highest BCUT2D eigenvalue weighted by Gasteiger charge is 2.38. The summed E-state index contributed by atoms with van der Waals surface area (Å²) in [4.78, 5) is 50.2. The lowest BCUT2D eigenvalue weighted by Gasteiger charge is -2.23. The Hall–Kier alpha value is -4.48. The second-order valence-corrected chi connectivity index (χ2v) is 11.3. The number of carboxylic acid groups (broad SMARTS) is 1. The third kappa shape index (κ3) is 8.82. The summed E-state index contributed by atoms with van der Waals surface area (Å²) in [6.45, 7) is -0.124. The summed E-state index contributed by atoms with van der Waals surface area (Å²) in [6, 6.07) is 12.8. The molecule has 1 saturated carbocycles. The van der Waals surface area contributed by atoms with Gasteiger partial charge in [-0.25, -0.2) is 0 Å². The summed E-state index contributed by atoms with van der Waals surface area (Å²) in [5.74, 6) is -4.34. The molecular weight excluding hydrogens is 616 g/mol. The van der Waals surface area contributed by atoms with Gasteiger partial charge in [-0.15, -0.1) is 0 Å². The zero-order valence-corrected chi connectivity index (χ0v) is 24.5. The number of alkyl halides is 6. The molecule has 0 bridgehead atoms. The minimum absolute atomic E-state index is 0.0521. The smallest absolute Gasteiger partial charge is 0.416 e. The lowest BCUT2D eigenvalue weighted by atomic mass is 9.81. The quantitative estimate of drug-likeness (QED) is 0.161. The first kappa shape index (κ1) is 34.4. The maximum Gasteiger partial charge on any atom is 0.416 e. The van der Waals surface area contributed by atoms with E-state index in [0.717, 1.165) is 37.7 Å². The highest BCUT2D eigenvalue weighted by molar-refractivity contribution is 6.06. The van der Waals surface area contributed by atoms with E-state index in [4.69, 9.17) is 5.11 Å². The monoisotopic (exact) mass is 647 g/mol. The van der Waals surface area contributed by atoms with E-state index in [0.29, 0.717) is 23.6 Å². The van der Waals surface area contributed by atoms with Crippen LogP contribution < -0.4 is 5.32 Å². The molecule has 6 nitrogen and oxygen atoms in total. The van der Waals surface area contributed by atoms with Crippen molar-refractivity contribution in [2.75, 3.05) is 6.54 Å². The van der Waals surface area contributed by atoms with Gasteiger partial charge in [0.1, 0.15) is 0 Å². The number of ketones is 2. The van der Waals surface area contributed by atoms with Gasteiger partial charge in [-0.1, -0.05) is 55.7 Å². The Bertz CT molecular complexity index is 1540. The molecule has 1 aliphatic carbocycles. The van der Waals surface area contributed by atoms with Gasteiger partial charge < -0.3 is 10.4 Å². The minimum Gasteiger partial charge on any atom is -0.481 e. The van der Waals surface area contributed by atoms with Gasteiger partial charge in [0.2, 0.25) is 0 Å². The maximum absolute atomic E-state index is 13.8. The van der Waals surface area contributed by atoms with Gasteiger partial charge in [-0.2, -0.15) is 26.3 Å². The van der Waals surface area contributed by atoms with Crippen LogP contribution in [-0.4, -0.2) is 35.1 Å². The Labute approximate surface area is 260 Å². The molecule has 0 heterocycles. The van der Waals surface area contributed by atoms with Gasteiger partial charge in [0.25, 0.3) is 5.91 Å². The molecule has 2 N–H and O–H groups in total. The van der Waals surface area contributed by atoms with Crippen molar-refractivity contribution in [3.8, 4) is 0 Å². The van der Waals surface area contributed by atoms with Crippen molar-refractivity contribution >= 4 is 23.4 Å². The molecule has 12 heteroatoms. The maximum atomic E-state index is 13.8. The Kier molecular flexibility index (Phi) is 10.7. The highest BCUT2D eigenvalue weighted by atomic mass is 19.4. The molecule has 4 rings (SSSR count). The van der Waals surface area contributed by atoms with Gasteiger partial charge in [-0.05, 0) is 60.2 Å². The van der Waals surface area contributed by atoms with Crippen molar-refractivity contribution < 1.29 is 50.6 Å². The third-order valence-corrected chi connectivity index (χ3v) is 8.09. The van der Waals surface area contributed by atoms with E-state index in [1.54, 1.807) is 12.1 Å². The van der Waals surface area contributed by atoms with Crippen molar-refractivity contribution in [1.29, 1.82) is 0 Å². The Morgan fingerprint density at radius 2 is 1.28 bits per heavy atom. The summed E-state index contributed by atoms with van der Waals surface area (Å²) in [5.41, 5.74) is -2.54. The molecule has 1 fully saturated rings. The lowest BCUT2D eigenvalue weighted by Crippen LogP contribution is -2.26. The fourth-order valence-electron chi connectivity index (χ4n) is 5.59. The molecule has 0 spiro atoms. The molecule has 46 heavy (non-hydrogen) atoms. The number of aliphatic carboxylic acids is 1. The third-order valence-electron chi connectivity index (χ3n) is 8.09. The molecule has 0 aromatic heterocycles. The topological polar surface area (TPSA) is 101 Å². The largest absolute Gasteiger partial charge is 0.481 e. The molecule has 1 atom stereocenters. The Morgan fingerprint density at radius 1 is 0.739 bits per heavy atom. The number of carboxylic acids is 1. The molecule has 0 saturated heterocycles. The van der Waals surface area contributed by atoms with Gasteiger partial charge >= 0.3 is 18.3 Å². The van der Waals surface area contributed by atoms with Crippen LogP contribution in [0.5, 0.6) is 0 Å². The predicted octanol–water partition coefficient (Wildman–Crippen LogP) is 8.22. The van der Waals surface area contributed by atoms with Crippen LogP contribution in [0.1, 0.15) is 110 Å². The molecule has 1 amide bonds. The predicted molar refractivity (Wildman–Crippen MR) is 156 cm³/mol. The SMILES string of the molecule is O=C(O)CCNC(=O)c1ccc(C(=O)C(CC(=O)c2cc(C(F)(F)F)cc(C(F)(F)F)c2)c2ccc(C3CCCCC3)cc2)cc1. The number of nitrogens with one attached hydrogen (secondary N) is 1. The van der Waals surface area contributed by atoms with Crippen LogP contribution in [0.3, 0.4) is 0 Å². The standard InChI is InChI=1S/C34H31F6NO5/c35-33(36,37)26-16-25(17-27(18-26)34(38,39)40)29(42)19-28(22-8-6-21(7-9-22)20-4-2-1-3-5-20)31(45)23-10-12-24(13-11-23)32(46)41-15-14-30(43)44/h6-13,16-18,20,28H,1-5,14-15,19H2,(H,41,46)(H,43,44). The molecule has 1 aliphatic rings. The number of amides is 1. The van der Waals surface area contributed by atoms with Crippen molar-refractivity contribution in [2.45, 2.75) is 69.1 Å². The average Bonchev–Trinajstić information content (AvgIpc) is 3.02. The zero-order valence-electron chi connectivity index (χ0n) is 24.5. The van der Waals surface area contributed by atoms with Crippen molar-refractivity contribution in [3.05, 3.63) is 106 Å². The number of hydrogen-bond donors (Lipinski definition) is 2. The summed E-state index contributed by atoms with van der Waals surface area (Å²) in [7, 11) is 0. The van der Waals surface area contributed by atoms with E-state index in [1.807, 2.05) is 12.1 Å². The van der Waals surface area contributed by atoms with Crippen LogP contribution in [0, 0.1) is 0 Å². The van der Waals surface area contributed by atoms with Crippen molar-refractivity contribution in [1.82, 2.24) is 5.32 Å². The molecule has 3 aromatic carbocycles. The van der Waals surface area contributed by atoms with Gasteiger partial charge in [-0.3, -0.25) is 19.2 Å². The average molecular weight is 648 g/mol. The van der Waals surface area contributed by atoms with Crippen LogP contribution >= 0.6 is 0 Å². The van der Waals surface area contributed by atoms with Crippen molar-refractivity contribution in [3.63, 3.8) is 0 Å². The van der Waals surface area contributed by atoms with Crippen LogP contribution in [0.2, 0.25) is 0 Å². The first-order valence-corrected chi connectivity index (χ1v) is 14.7. The fraction of sp³-hybridized carbons (Fsp3) is 0.353. The number of rotatable bonds is 11. The van der Waals surface area contributed by atoms with Gasteiger partial charge in [0.15, 0.2) is 11.6 Å². The highest BCUT2D eigenvalue weighted by Crippen LogP contribution is 2.38. The Balaban J connectivity index is 1.66. The first-order chi connectivity index (χ1) is 21.6. The van der Waals surface area contributed by atoms with Gasteiger partial charge in [0.05, 0.1) is 23.5 Å². The number of benzene rings is 3. The molecule has 0 radical (unpaired) electrons. The van der Waals surface area contributed by atoms with Gasteiger partial charge in [0, 0.05) is 29.7 Å². The number of halogens is 6. The number of Topliss-reactive ketones (excluding diaryl/α,β-unsaturated/α-hetero) is 2. The summed E-state index contributed by atoms with van der Waals surface area (Å²) < 4.78 is 80.8. The number of carbonyl (C=O) groups excluding carboxylic acids is 3. The Morgan fingerprint density at radius 3 is 1.80 bits per heavy atom. The first-order valence-electron chi connectivity index (χ1n) is 14.7. The molecular formula is C34H31F6NO5. The van der Waals surface area contributed by atoms with Crippen LogP contribution in [0.25, 0.3) is 0 Å². The zero-order chi connectivity index (χ0) is 33.6. The molecule has 0 aliphatic heterocycles. The van der Waals surface area contributed by atoms with Crippen molar-refractivity contribution in [2.24, 2.45) is 0 Å². The van der Waals surface area contributed by atoms with E-state index in [1.165, 1.54) is 24.3 Å². The molecule has 3 aromatic rings. The number of hydrogen-bond acceptors (Lipinski definition) is 4. The van der Waals surface area contributed by atoms with E-state index in [-0.39, 0.29) is 30.2 Å².